The third-order valence-corrected chi connectivity index (χ3v) is 7.37. The molecule has 0 fully saturated rings. The Morgan fingerprint density at radius 2 is 1.53 bits per heavy atom. The molecule has 0 saturated carbocycles. The SMILES string of the molecule is O=C(Cc1ccccc1)N1N=C(c2c(-c3ccccc3)c3cc(Br)ccc3[nH]c2=O)CC1c1ccccc1. The molecule has 2 heterocycles. The summed E-state index contributed by atoms with van der Waals surface area (Å²) in [5, 5.41) is 7.33. The summed E-state index contributed by atoms with van der Waals surface area (Å²) in [5.41, 5.74) is 5.26. The summed E-state index contributed by atoms with van der Waals surface area (Å²) in [6.07, 6.45) is 0.667. The average Bonchev–Trinajstić information content (AvgIpc) is 3.39. The maximum atomic E-state index is 13.7. The van der Waals surface area contributed by atoms with E-state index in [9.17, 15) is 9.59 Å². The molecule has 1 amide bonds. The van der Waals surface area contributed by atoms with Gasteiger partial charge in [-0.3, -0.25) is 9.59 Å². The Morgan fingerprint density at radius 3 is 2.24 bits per heavy atom. The smallest absolute Gasteiger partial charge is 0.258 e. The van der Waals surface area contributed by atoms with Gasteiger partial charge in [0.25, 0.3) is 5.56 Å². The van der Waals surface area contributed by atoms with Crippen molar-refractivity contribution >= 4 is 38.5 Å². The number of carbonyl (C=O) groups excluding carboxylic acids is 1. The molecule has 0 saturated heterocycles. The first-order valence-corrected chi connectivity index (χ1v) is 13.3. The van der Waals surface area contributed by atoms with Crippen LogP contribution in [0.4, 0.5) is 0 Å². The van der Waals surface area contributed by atoms with Crippen LogP contribution in [-0.4, -0.2) is 21.6 Å². The molecular weight excluding hydrogens is 538 g/mol. The Balaban J connectivity index is 1.52. The minimum absolute atomic E-state index is 0.110. The molecule has 1 aliphatic rings. The van der Waals surface area contributed by atoms with Crippen LogP contribution in [0.1, 0.15) is 29.2 Å². The highest BCUT2D eigenvalue weighted by Crippen LogP contribution is 2.37. The van der Waals surface area contributed by atoms with E-state index in [-0.39, 0.29) is 23.9 Å². The summed E-state index contributed by atoms with van der Waals surface area (Å²) in [5.74, 6) is -0.110. The molecule has 1 N–H and O–H groups in total. The van der Waals surface area contributed by atoms with Gasteiger partial charge < -0.3 is 4.98 Å². The molecule has 5 aromatic rings. The molecule has 4 aromatic carbocycles. The van der Waals surface area contributed by atoms with E-state index in [2.05, 4.69) is 20.9 Å². The lowest BCUT2D eigenvalue weighted by Crippen LogP contribution is -2.28. The number of hydrogen-bond acceptors (Lipinski definition) is 3. The molecule has 1 atom stereocenters. The van der Waals surface area contributed by atoms with Crippen molar-refractivity contribution in [2.75, 3.05) is 0 Å². The third-order valence-electron chi connectivity index (χ3n) is 6.88. The first-order chi connectivity index (χ1) is 18.6. The molecular formula is C32H24BrN3O2. The quantitative estimate of drug-likeness (QED) is 0.254. The second-order valence-electron chi connectivity index (χ2n) is 9.34. The van der Waals surface area contributed by atoms with Gasteiger partial charge in [-0.2, -0.15) is 5.10 Å². The number of hydrogen-bond donors (Lipinski definition) is 1. The molecule has 0 bridgehead atoms. The number of halogens is 1. The zero-order chi connectivity index (χ0) is 26.1. The molecule has 0 aliphatic carbocycles. The zero-order valence-electron chi connectivity index (χ0n) is 20.5. The number of rotatable bonds is 5. The molecule has 1 aliphatic heterocycles. The van der Waals surface area contributed by atoms with Crippen LogP contribution >= 0.6 is 15.9 Å². The molecule has 5 nitrogen and oxygen atoms in total. The maximum absolute atomic E-state index is 13.7. The van der Waals surface area contributed by atoms with E-state index in [1.807, 2.05) is 109 Å². The van der Waals surface area contributed by atoms with Gasteiger partial charge >= 0.3 is 0 Å². The number of aromatic amines is 1. The van der Waals surface area contributed by atoms with E-state index >= 15 is 0 Å². The Hall–Kier alpha value is -4.29. The van der Waals surface area contributed by atoms with Crippen LogP contribution in [0.15, 0.2) is 124 Å². The van der Waals surface area contributed by atoms with Crippen LogP contribution in [0.5, 0.6) is 0 Å². The van der Waals surface area contributed by atoms with Gasteiger partial charge in [0.05, 0.1) is 23.7 Å². The van der Waals surface area contributed by atoms with Crippen molar-refractivity contribution in [3.63, 3.8) is 0 Å². The fourth-order valence-electron chi connectivity index (χ4n) is 5.12. The van der Waals surface area contributed by atoms with E-state index in [0.717, 1.165) is 37.6 Å². The van der Waals surface area contributed by atoms with Crippen LogP contribution in [0.25, 0.3) is 22.0 Å². The minimum Gasteiger partial charge on any atom is -0.321 e. The van der Waals surface area contributed by atoms with E-state index in [4.69, 9.17) is 5.10 Å². The number of pyridine rings is 1. The number of aromatic nitrogens is 1. The molecule has 38 heavy (non-hydrogen) atoms. The molecule has 1 unspecified atom stereocenters. The van der Waals surface area contributed by atoms with Gasteiger partial charge in [0.15, 0.2) is 0 Å². The van der Waals surface area contributed by atoms with E-state index < -0.39 is 0 Å². The number of nitrogens with zero attached hydrogens (tertiary/aromatic N) is 2. The average molecular weight is 562 g/mol. The molecule has 0 radical (unpaired) electrons. The van der Waals surface area contributed by atoms with Crippen LogP contribution < -0.4 is 5.56 Å². The van der Waals surface area contributed by atoms with Gasteiger partial charge in [-0.1, -0.05) is 107 Å². The summed E-state index contributed by atoms with van der Waals surface area (Å²) in [4.78, 5) is 30.3. The Morgan fingerprint density at radius 1 is 0.868 bits per heavy atom. The Kier molecular flexibility index (Phi) is 6.48. The highest BCUT2D eigenvalue weighted by molar-refractivity contribution is 9.10. The second kappa shape index (κ2) is 10.2. The largest absolute Gasteiger partial charge is 0.321 e. The monoisotopic (exact) mass is 561 g/mol. The molecule has 6 rings (SSSR count). The number of benzene rings is 4. The lowest BCUT2D eigenvalue weighted by molar-refractivity contribution is -0.132. The van der Waals surface area contributed by atoms with Crippen LogP contribution in [-0.2, 0) is 11.2 Å². The lowest BCUT2D eigenvalue weighted by Gasteiger charge is -2.22. The van der Waals surface area contributed by atoms with Gasteiger partial charge in [-0.15, -0.1) is 0 Å². The predicted octanol–water partition coefficient (Wildman–Crippen LogP) is 6.88. The van der Waals surface area contributed by atoms with Crippen molar-refractivity contribution in [2.45, 2.75) is 18.9 Å². The summed E-state index contributed by atoms with van der Waals surface area (Å²) >= 11 is 3.59. The van der Waals surface area contributed by atoms with Crippen LogP contribution in [0.2, 0.25) is 0 Å². The number of carbonyl (C=O) groups is 1. The molecule has 186 valence electrons. The predicted molar refractivity (Wildman–Crippen MR) is 155 cm³/mol. The highest BCUT2D eigenvalue weighted by atomic mass is 79.9. The van der Waals surface area contributed by atoms with Crippen molar-refractivity contribution in [2.24, 2.45) is 5.10 Å². The van der Waals surface area contributed by atoms with E-state index in [1.54, 1.807) is 5.01 Å². The Labute approximate surface area is 228 Å². The fourth-order valence-corrected chi connectivity index (χ4v) is 5.48. The molecule has 6 heteroatoms. The van der Waals surface area contributed by atoms with Crippen molar-refractivity contribution < 1.29 is 4.79 Å². The number of fused-ring (bicyclic) bond motifs is 1. The normalized spacial score (nSPS) is 15.0. The first-order valence-electron chi connectivity index (χ1n) is 12.5. The maximum Gasteiger partial charge on any atom is 0.258 e. The van der Waals surface area contributed by atoms with Gasteiger partial charge in [0.2, 0.25) is 5.91 Å². The minimum atomic E-state index is -0.302. The summed E-state index contributed by atoms with van der Waals surface area (Å²) in [6.45, 7) is 0. The van der Waals surface area contributed by atoms with Gasteiger partial charge in [-0.05, 0) is 34.9 Å². The van der Waals surface area contributed by atoms with Gasteiger partial charge in [0.1, 0.15) is 0 Å². The van der Waals surface area contributed by atoms with Crippen molar-refractivity contribution in [1.29, 1.82) is 0 Å². The Bertz CT molecular complexity index is 1710. The molecule has 1 aromatic heterocycles. The lowest BCUT2D eigenvalue weighted by atomic mass is 9.91. The van der Waals surface area contributed by atoms with E-state index in [1.165, 1.54) is 0 Å². The van der Waals surface area contributed by atoms with Crippen molar-refractivity contribution in [1.82, 2.24) is 9.99 Å². The summed E-state index contributed by atoms with van der Waals surface area (Å²) < 4.78 is 0.912. The fraction of sp³-hybridized carbons (Fsp3) is 0.0938. The number of amides is 1. The number of nitrogens with one attached hydrogen (secondary N) is 1. The van der Waals surface area contributed by atoms with Crippen molar-refractivity contribution in [3.8, 4) is 11.1 Å². The second-order valence-corrected chi connectivity index (χ2v) is 10.3. The van der Waals surface area contributed by atoms with Gasteiger partial charge in [0, 0.05) is 27.4 Å². The first kappa shape index (κ1) is 24.1. The zero-order valence-corrected chi connectivity index (χ0v) is 22.1. The molecule has 0 spiro atoms. The summed E-state index contributed by atoms with van der Waals surface area (Å²) in [7, 11) is 0. The summed E-state index contributed by atoms with van der Waals surface area (Å²) in [6, 6.07) is 35.0. The van der Waals surface area contributed by atoms with Crippen LogP contribution in [0, 0.1) is 0 Å². The topological polar surface area (TPSA) is 65.5 Å². The van der Waals surface area contributed by atoms with E-state index in [0.29, 0.717) is 17.7 Å². The van der Waals surface area contributed by atoms with Crippen LogP contribution in [0.3, 0.4) is 0 Å². The number of H-pyrrole nitrogens is 1. The standard InChI is InChI=1S/C32H24BrN3O2/c33-24-16-17-26-25(19-24)30(23-14-8-3-9-15-23)31(32(38)34-26)27-20-28(22-12-6-2-7-13-22)36(35-27)29(37)18-21-10-4-1-5-11-21/h1-17,19,28H,18,20H2,(H,34,38). The van der Waals surface area contributed by atoms with Gasteiger partial charge in [-0.25, -0.2) is 5.01 Å². The number of hydrazone groups is 1. The third kappa shape index (κ3) is 4.59. The highest BCUT2D eigenvalue weighted by Gasteiger charge is 2.35. The van der Waals surface area contributed by atoms with Crippen molar-refractivity contribution in [3.05, 3.63) is 141 Å².